The van der Waals surface area contributed by atoms with Crippen LogP contribution >= 0.6 is 0 Å². The molecule has 6 heteroatoms. The molecule has 0 bridgehead atoms. The molecule has 0 aromatic heterocycles. The van der Waals surface area contributed by atoms with Crippen LogP contribution in [0.3, 0.4) is 0 Å². The van der Waals surface area contributed by atoms with Gasteiger partial charge in [0.2, 0.25) is 0 Å². The number of amides is 2. The number of carbonyl (C=O) groups is 2. The van der Waals surface area contributed by atoms with Gasteiger partial charge in [-0.25, -0.2) is 0 Å². The van der Waals surface area contributed by atoms with Crippen molar-refractivity contribution in [2.75, 3.05) is 27.2 Å². The zero-order valence-electron chi connectivity index (χ0n) is 15.8. The summed E-state index contributed by atoms with van der Waals surface area (Å²) < 4.78 is 5.70. The number of nitrogens with one attached hydrogen (secondary N) is 2. The molecule has 0 unspecified atom stereocenters. The van der Waals surface area contributed by atoms with Crippen LogP contribution in [0, 0.1) is 0 Å². The van der Waals surface area contributed by atoms with Gasteiger partial charge in [0.05, 0.1) is 22.5 Å². The van der Waals surface area contributed by atoms with E-state index in [1.54, 1.807) is 0 Å². The third kappa shape index (κ3) is 3.30. The van der Waals surface area contributed by atoms with E-state index in [1.165, 1.54) is 0 Å². The molecule has 0 saturated heterocycles. The molecule has 2 aromatic rings. The van der Waals surface area contributed by atoms with Gasteiger partial charge >= 0.3 is 0 Å². The molecule has 2 aliphatic rings. The van der Waals surface area contributed by atoms with E-state index in [2.05, 4.69) is 10.6 Å². The van der Waals surface area contributed by atoms with Crippen LogP contribution in [-0.4, -0.2) is 44.0 Å². The minimum absolute atomic E-state index is 0.270. The van der Waals surface area contributed by atoms with Gasteiger partial charge in [0.15, 0.2) is 0 Å². The standard InChI is InChI=1S/C22H21N3O3/c1-25(2)12-13-28-16-10-8-15(9-11-16)20-18-17(21(26)24-20)19(23-22(18)27)14-6-4-3-5-7-14/h3-11H,12-13H2,1-2H3,(H,23,27)(H,24,26). The number of ether oxygens (including phenoxy) is 1. The zero-order chi connectivity index (χ0) is 19.7. The summed E-state index contributed by atoms with van der Waals surface area (Å²) >= 11 is 0. The highest BCUT2D eigenvalue weighted by molar-refractivity contribution is 6.30. The summed E-state index contributed by atoms with van der Waals surface area (Å²) in [7, 11) is 3.98. The van der Waals surface area contributed by atoms with Crippen LogP contribution in [-0.2, 0) is 9.59 Å². The minimum Gasteiger partial charge on any atom is -0.492 e. The van der Waals surface area contributed by atoms with E-state index in [1.807, 2.05) is 73.6 Å². The van der Waals surface area contributed by atoms with Gasteiger partial charge in [0.25, 0.3) is 11.8 Å². The van der Waals surface area contributed by atoms with Gasteiger partial charge in [0.1, 0.15) is 12.4 Å². The fourth-order valence-electron chi connectivity index (χ4n) is 3.28. The number of hydrogen-bond donors (Lipinski definition) is 2. The Bertz CT molecular complexity index is 989. The van der Waals surface area contributed by atoms with Gasteiger partial charge in [-0.1, -0.05) is 30.3 Å². The molecule has 0 saturated carbocycles. The average Bonchev–Trinajstić information content (AvgIpc) is 3.22. The van der Waals surface area contributed by atoms with E-state index in [0.717, 1.165) is 23.4 Å². The van der Waals surface area contributed by atoms with E-state index >= 15 is 0 Å². The van der Waals surface area contributed by atoms with Gasteiger partial charge in [-0.3, -0.25) is 9.59 Å². The van der Waals surface area contributed by atoms with Crippen LogP contribution in [0.4, 0.5) is 0 Å². The lowest BCUT2D eigenvalue weighted by molar-refractivity contribution is -0.117. The van der Waals surface area contributed by atoms with E-state index < -0.39 is 0 Å². The maximum atomic E-state index is 12.6. The van der Waals surface area contributed by atoms with Crippen molar-refractivity contribution in [1.82, 2.24) is 15.5 Å². The third-order valence-corrected chi connectivity index (χ3v) is 4.69. The fourth-order valence-corrected chi connectivity index (χ4v) is 3.28. The number of nitrogens with zero attached hydrogens (tertiary/aromatic N) is 1. The molecular weight excluding hydrogens is 354 g/mol. The number of benzene rings is 2. The van der Waals surface area contributed by atoms with Crippen molar-refractivity contribution in [2.24, 2.45) is 0 Å². The third-order valence-electron chi connectivity index (χ3n) is 4.69. The van der Waals surface area contributed by atoms with Crippen LogP contribution in [0.5, 0.6) is 5.75 Å². The number of hydrogen-bond acceptors (Lipinski definition) is 4. The largest absolute Gasteiger partial charge is 0.492 e. The van der Waals surface area contributed by atoms with Crippen LogP contribution in [0.15, 0.2) is 65.7 Å². The van der Waals surface area contributed by atoms with Crippen molar-refractivity contribution >= 4 is 23.2 Å². The number of carbonyl (C=O) groups excluding carboxylic acids is 2. The molecule has 2 amide bonds. The Balaban J connectivity index is 1.64. The van der Waals surface area contributed by atoms with Crippen molar-refractivity contribution in [3.8, 4) is 5.75 Å². The summed E-state index contributed by atoms with van der Waals surface area (Å²) in [6.45, 7) is 1.41. The Hall–Kier alpha value is -3.38. The smallest absolute Gasteiger partial charge is 0.258 e. The minimum atomic E-state index is -0.270. The van der Waals surface area contributed by atoms with Gasteiger partial charge in [0, 0.05) is 6.54 Å². The predicted octanol–water partition coefficient (Wildman–Crippen LogP) is 2.01. The van der Waals surface area contributed by atoms with Gasteiger partial charge < -0.3 is 20.3 Å². The Morgan fingerprint density at radius 2 is 1.32 bits per heavy atom. The van der Waals surface area contributed by atoms with Crippen molar-refractivity contribution in [2.45, 2.75) is 0 Å². The molecule has 0 aliphatic carbocycles. The van der Waals surface area contributed by atoms with E-state index in [4.69, 9.17) is 4.74 Å². The molecule has 28 heavy (non-hydrogen) atoms. The molecule has 4 rings (SSSR count). The molecule has 0 atom stereocenters. The maximum Gasteiger partial charge on any atom is 0.258 e. The van der Waals surface area contributed by atoms with Gasteiger partial charge in [-0.2, -0.15) is 0 Å². The number of likely N-dealkylation sites (N-methyl/N-ethyl adjacent to an activating group) is 1. The summed E-state index contributed by atoms with van der Waals surface area (Å²) in [5.41, 5.74) is 3.45. The number of rotatable bonds is 6. The first kappa shape index (κ1) is 18.0. The van der Waals surface area contributed by atoms with E-state index in [9.17, 15) is 9.59 Å². The Morgan fingerprint density at radius 3 is 1.86 bits per heavy atom. The average molecular weight is 375 g/mol. The highest BCUT2D eigenvalue weighted by atomic mass is 16.5. The lowest BCUT2D eigenvalue weighted by Gasteiger charge is -2.12. The molecule has 0 radical (unpaired) electrons. The summed E-state index contributed by atoms with van der Waals surface area (Å²) in [4.78, 5) is 27.3. The predicted molar refractivity (Wildman–Crippen MR) is 107 cm³/mol. The number of fused-ring (bicyclic) bond motifs is 1. The highest BCUT2D eigenvalue weighted by Crippen LogP contribution is 2.37. The summed E-state index contributed by atoms with van der Waals surface area (Å²) in [5.74, 6) is 0.208. The molecule has 142 valence electrons. The first-order valence-electron chi connectivity index (χ1n) is 9.09. The molecule has 2 aromatic carbocycles. The molecule has 0 fully saturated rings. The monoisotopic (exact) mass is 375 g/mol. The molecule has 2 aliphatic heterocycles. The van der Waals surface area contributed by atoms with Crippen molar-refractivity contribution in [3.05, 3.63) is 76.9 Å². The van der Waals surface area contributed by atoms with Crippen LogP contribution < -0.4 is 15.4 Å². The molecule has 6 nitrogen and oxygen atoms in total. The van der Waals surface area contributed by atoms with Crippen LogP contribution in [0.25, 0.3) is 11.4 Å². The second-order valence-electron chi connectivity index (χ2n) is 6.95. The normalized spacial score (nSPS) is 15.8. The van der Waals surface area contributed by atoms with E-state index in [-0.39, 0.29) is 11.8 Å². The molecule has 2 N–H and O–H groups in total. The first-order valence-corrected chi connectivity index (χ1v) is 9.09. The van der Waals surface area contributed by atoms with Crippen molar-refractivity contribution < 1.29 is 14.3 Å². The van der Waals surface area contributed by atoms with Gasteiger partial charge in [-0.15, -0.1) is 0 Å². The Kier molecular flexibility index (Phi) is 4.71. The lowest BCUT2D eigenvalue weighted by Crippen LogP contribution is -2.21. The fraction of sp³-hybridized carbons (Fsp3) is 0.182. The Labute approximate surface area is 163 Å². The van der Waals surface area contributed by atoms with Gasteiger partial charge in [-0.05, 0) is 49.5 Å². The molecule has 2 heterocycles. The van der Waals surface area contributed by atoms with Crippen LogP contribution in [0.1, 0.15) is 11.1 Å². The second kappa shape index (κ2) is 7.32. The topological polar surface area (TPSA) is 70.7 Å². The quantitative estimate of drug-likeness (QED) is 0.810. The summed E-state index contributed by atoms with van der Waals surface area (Å²) in [5, 5.41) is 5.70. The zero-order valence-corrected chi connectivity index (χ0v) is 15.8. The SMILES string of the molecule is CN(C)CCOc1ccc(C2=C3C(=O)NC(c4ccccc4)=C3C(=O)N2)cc1. The van der Waals surface area contributed by atoms with Crippen molar-refractivity contribution in [3.63, 3.8) is 0 Å². The highest BCUT2D eigenvalue weighted by Gasteiger charge is 2.40. The molecular formula is C22H21N3O3. The second-order valence-corrected chi connectivity index (χ2v) is 6.95. The Morgan fingerprint density at radius 1 is 0.786 bits per heavy atom. The maximum absolute atomic E-state index is 12.6. The van der Waals surface area contributed by atoms with Crippen LogP contribution in [0.2, 0.25) is 0 Å². The van der Waals surface area contributed by atoms with Crippen molar-refractivity contribution in [1.29, 1.82) is 0 Å². The summed E-state index contributed by atoms with van der Waals surface area (Å²) in [6, 6.07) is 16.8. The summed E-state index contributed by atoms with van der Waals surface area (Å²) in [6.07, 6.45) is 0. The molecule has 0 spiro atoms. The van der Waals surface area contributed by atoms with E-state index in [0.29, 0.717) is 29.1 Å². The first-order chi connectivity index (χ1) is 13.5. The lowest BCUT2D eigenvalue weighted by atomic mass is 10.0.